The van der Waals surface area contributed by atoms with Crippen LogP contribution in [0.1, 0.15) is 0 Å². The van der Waals surface area contributed by atoms with E-state index in [1.165, 1.54) is 41.2 Å². The monoisotopic (exact) mass is 311 g/mol. The van der Waals surface area contributed by atoms with Crippen LogP contribution in [0.3, 0.4) is 0 Å². The summed E-state index contributed by atoms with van der Waals surface area (Å²) in [7, 11) is -3.54. The van der Waals surface area contributed by atoms with Gasteiger partial charge in [-0.2, -0.15) is 4.31 Å². The molecule has 0 bridgehead atoms. The summed E-state index contributed by atoms with van der Waals surface area (Å²) < 4.78 is 44.5. The van der Waals surface area contributed by atoms with Crippen molar-refractivity contribution in [1.29, 1.82) is 0 Å². The molecule has 0 atom stereocenters. The van der Waals surface area contributed by atoms with Gasteiger partial charge in [0.25, 0.3) is 0 Å². The molecule has 21 heavy (non-hydrogen) atoms. The van der Waals surface area contributed by atoms with Crippen molar-refractivity contribution in [3.63, 3.8) is 0 Å². The highest BCUT2D eigenvalue weighted by Gasteiger charge is 2.30. The van der Waals surface area contributed by atoms with Gasteiger partial charge in [0.15, 0.2) is 11.6 Å². The van der Waals surface area contributed by atoms with Crippen molar-refractivity contribution < 1.29 is 17.2 Å². The fraction of sp³-hybridized carbons (Fsp3) is 0.308. The summed E-state index contributed by atoms with van der Waals surface area (Å²) in [4.78, 5) is 5.89. The van der Waals surface area contributed by atoms with Gasteiger partial charge in [0, 0.05) is 32.4 Å². The van der Waals surface area contributed by atoms with Gasteiger partial charge in [0.2, 0.25) is 10.0 Å². The summed E-state index contributed by atoms with van der Waals surface area (Å²) in [5.74, 6) is -0.137. The molecule has 0 aliphatic carbocycles. The number of aromatic nitrogens is 1. The Balaban J connectivity index is 1.73. The van der Waals surface area contributed by atoms with Gasteiger partial charge >= 0.3 is 0 Å². The quantitative estimate of drug-likeness (QED) is 0.855. The van der Waals surface area contributed by atoms with Crippen LogP contribution < -0.4 is 4.90 Å². The van der Waals surface area contributed by atoms with Gasteiger partial charge < -0.3 is 9.32 Å². The van der Waals surface area contributed by atoms with Crippen LogP contribution in [0.25, 0.3) is 0 Å². The van der Waals surface area contributed by atoms with Crippen LogP contribution in [0.15, 0.2) is 46.2 Å². The van der Waals surface area contributed by atoms with E-state index in [1.807, 2.05) is 0 Å². The predicted octanol–water partition coefficient (Wildman–Crippen LogP) is 1.32. The molecule has 112 valence electrons. The molecular formula is C13H14FN3O3S. The van der Waals surface area contributed by atoms with Crippen molar-refractivity contribution in [2.75, 3.05) is 31.1 Å². The number of hydrogen-bond acceptors (Lipinski definition) is 5. The fourth-order valence-corrected chi connectivity index (χ4v) is 3.64. The SMILES string of the molecule is O=S(=O)(c1ccoc1)N1CCN(c2ncccc2F)CC1. The zero-order chi connectivity index (χ0) is 14.9. The van der Waals surface area contributed by atoms with E-state index in [9.17, 15) is 12.8 Å². The van der Waals surface area contributed by atoms with Gasteiger partial charge in [-0.15, -0.1) is 0 Å². The van der Waals surface area contributed by atoms with Crippen LogP contribution in [0.5, 0.6) is 0 Å². The van der Waals surface area contributed by atoms with Crippen molar-refractivity contribution in [3.05, 3.63) is 42.7 Å². The molecule has 2 aromatic heterocycles. The summed E-state index contributed by atoms with van der Waals surface area (Å²) in [5.41, 5.74) is 0. The minimum absolute atomic E-state index is 0.139. The minimum Gasteiger partial charge on any atom is -0.471 e. The maximum atomic E-state index is 13.7. The Morgan fingerprint density at radius 1 is 1.19 bits per heavy atom. The normalized spacial score (nSPS) is 17.1. The minimum atomic E-state index is -3.54. The largest absolute Gasteiger partial charge is 0.471 e. The summed E-state index contributed by atoms with van der Waals surface area (Å²) in [5, 5.41) is 0. The molecule has 0 aromatic carbocycles. The van der Waals surface area contributed by atoms with Gasteiger partial charge in [0.1, 0.15) is 11.2 Å². The number of hydrogen-bond donors (Lipinski definition) is 0. The fourth-order valence-electron chi connectivity index (χ4n) is 2.30. The van der Waals surface area contributed by atoms with E-state index < -0.39 is 15.8 Å². The average molecular weight is 311 g/mol. The van der Waals surface area contributed by atoms with Crippen LogP contribution >= 0.6 is 0 Å². The first kappa shape index (κ1) is 14.0. The number of anilines is 1. The smallest absolute Gasteiger partial charge is 0.246 e. The molecule has 3 heterocycles. The maximum Gasteiger partial charge on any atom is 0.246 e. The molecule has 1 saturated heterocycles. The maximum absolute atomic E-state index is 13.7. The lowest BCUT2D eigenvalue weighted by atomic mass is 10.3. The second kappa shape index (κ2) is 5.45. The van der Waals surface area contributed by atoms with E-state index in [4.69, 9.17) is 4.42 Å². The molecule has 2 aromatic rings. The number of furan rings is 1. The van der Waals surface area contributed by atoms with Gasteiger partial charge in [-0.25, -0.2) is 17.8 Å². The molecular weight excluding hydrogens is 297 g/mol. The van der Waals surface area contributed by atoms with E-state index >= 15 is 0 Å². The number of sulfonamides is 1. The van der Waals surface area contributed by atoms with Crippen LogP contribution in [-0.4, -0.2) is 43.9 Å². The molecule has 0 N–H and O–H groups in total. The molecule has 6 nitrogen and oxygen atoms in total. The highest BCUT2D eigenvalue weighted by atomic mass is 32.2. The molecule has 0 saturated carbocycles. The molecule has 0 radical (unpaired) electrons. The second-order valence-corrected chi connectivity index (χ2v) is 6.60. The van der Waals surface area contributed by atoms with Gasteiger partial charge in [-0.1, -0.05) is 0 Å². The average Bonchev–Trinajstić information content (AvgIpc) is 3.03. The van der Waals surface area contributed by atoms with Crippen LogP contribution in [0.2, 0.25) is 0 Å². The number of nitrogens with zero attached hydrogens (tertiary/aromatic N) is 3. The zero-order valence-corrected chi connectivity index (χ0v) is 12.0. The number of pyridine rings is 1. The first-order valence-electron chi connectivity index (χ1n) is 6.47. The third-order valence-electron chi connectivity index (χ3n) is 3.41. The third-order valence-corrected chi connectivity index (χ3v) is 5.28. The van der Waals surface area contributed by atoms with Crippen molar-refractivity contribution in [3.8, 4) is 0 Å². The number of piperazine rings is 1. The van der Waals surface area contributed by atoms with Gasteiger partial charge in [-0.3, -0.25) is 0 Å². The van der Waals surface area contributed by atoms with Crippen LogP contribution in [0.4, 0.5) is 10.2 Å². The van der Waals surface area contributed by atoms with Crippen molar-refractivity contribution in [1.82, 2.24) is 9.29 Å². The zero-order valence-electron chi connectivity index (χ0n) is 11.1. The van der Waals surface area contributed by atoms with Crippen molar-refractivity contribution in [2.45, 2.75) is 4.90 Å². The number of halogens is 1. The van der Waals surface area contributed by atoms with E-state index in [2.05, 4.69) is 4.98 Å². The molecule has 0 amide bonds. The predicted molar refractivity (Wildman–Crippen MR) is 73.9 cm³/mol. The summed E-state index contributed by atoms with van der Waals surface area (Å²) in [6.07, 6.45) is 4.06. The molecule has 1 aliphatic rings. The lowest BCUT2D eigenvalue weighted by Crippen LogP contribution is -2.49. The van der Waals surface area contributed by atoms with E-state index in [-0.39, 0.29) is 23.8 Å². The van der Waals surface area contributed by atoms with Crippen LogP contribution in [-0.2, 0) is 10.0 Å². The molecule has 0 unspecified atom stereocenters. The molecule has 8 heteroatoms. The van der Waals surface area contributed by atoms with Gasteiger partial charge in [-0.05, 0) is 18.2 Å². The highest BCUT2D eigenvalue weighted by Crippen LogP contribution is 2.21. The molecule has 0 spiro atoms. The first-order chi connectivity index (χ1) is 10.1. The van der Waals surface area contributed by atoms with E-state index in [0.717, 1.165) is 0 Å². The Bertz CT molecular complexity index is 710. The summed E-state index contributed by atoms with van der Waals surface area (Å²) in [6, 6.07) is 4.29. The van der Waals surface area contributed by atoms with Crippen molar-refractivity contribution >= 4 is 15.8 Å². The number of rotatable bonds is 3. The van der Waals surface area contributed by atoms with Crippen LogP contribution in [0, 0.1) is 5.82 Å². The molecule has 1 aliphatic heterocycles. The van der Waals surface area contributed by atoms with E-state index in [0.29, 0.717) is 13.1 Å². The third kappa shape index (κ3) is 2.64. The topological polar surface area (TPSA) is 66.7 Å². The Kier molecular flexibility index (Phi) is 3.64. The summed E-state index contributed by atoms with van der Waals surface area (Å²) in [6.45, 7) is 1.35. The lowest BCUT2D eigenvalue weighted by Gasteiger charge is -2.34. The Morgan fingerprint density at radius 2 is 1.95 bits per heavy atom. The summed E-state index contributed by atoms with van der Waals surface area (Å²) >= 11 is 0. The molecule has 3 rings (SSSR count). The Morgan fingerprint density at radius 3 is 2.57 bits per heavy atom. The molecule has 1 fully saturated rings. The Labute approximate surface area is 121 Å². The highest BCUT2D eigenvalue weighted by molar-refractivity contribution is 7.89. The lowest BCUT2D eigenvalue weighted by molar-refractivity contribution is 0.381. The first-order valence-corrected chi connectivity index (χ1v) is 7.91. The van der Waals surface area contributed by atoms with Crippen molar-refractivity contribution in [2.24, 2.45) is 0 Å². The van der Waals surface area contributed by atoms with E-state index in [1.54, 1.807) is 4.90 Å². The van der Waals surface area contributed by atoms with Gasteiger partial charge in [0.05, 0.1) is 6.26 Å². The standard InChI is InChI=1S/C13H14FN3O3S/c14-12-2-1-4-15-13(12)16-5-7-17(8-6-16)21(18,19)11-3-9-20-10-11/h1-4,9-10H,5-8H2. The Hall–Kier alpha value is -1.93. The second-order valence-electron chi connectivity index (χ2n) is 4.66.